The van der Waals surface area contributed by atoms with E-state index < -0.39 is 10.0 Å². The molecule has 0 bridgehead atoms. The van der Waals surface area contributed by atoms with Crippen LogP contribution < -0.4 is 14.9 Å². The van der Waals surface area contributed by atoms with Crippen LogP contribution in [-0.2, 0) is 14.8 Å². The van der Waals surface area contributed by atoms with Crippen LogP contribution >= 0.6 is 0 Å². The highest BCUT2D eigenvalue weighted by atomic mass is 32.2. The summed E-state index contributed by atoms with van der Waals surface area (Å²) in [7, 11) is -3.40. The van der Waals surface area contributed by atoms with Gasteiger partial charge in [-0.15, -0.1) is 0 Å². The van der Waals surface area contributed by atoms with Crippen molar-refractivity contribution in [1.82, 2.24) is 15.3 Å². The fourth-order valence-electron chi connectivity index (χ4n) is 3.16. The SMILES string of the molecule is CCNC1CN(c2cc(-c3ccnc(NC(C)=O)c3)cnc2C)S(=O)(=O)C1. The Morgan fingerprint density at radius 2 is 2.07 bits per heavy atom. The predicted molar refractivity (Wildman–Crippen MR) is 105 cm³/mol. The molecule has 8 nitrogen and oxygen atoms in total. The number of amides is 1. The molecule has 0 saturated carbocycles. The minimum absolute atomic E-state index is 0.0758. The highest BCUT2D eigenvalue weighted by Gasteiger charge is 2.36. The topological polar surface area (TPSA) is 104 Å². The van der Waals surface area contributed by atoms with E-state index >= 15 is 0 Å². The molecule has 3 heterocycles. The zero-order valence-corrected chi connectivity index (χ0v) is 16.4. The normalized spacial score (nSPS) is 18.5. The van der Waals surface area contributed by atoms with Crippen molar-refractivity contribution in [3.63, 3.8) is 0 Å². The summed E-state index contributed by atoms with van der Waals surface area (Å²) in [5.41, 5.74) is 2.77. The number of nitrogens with one attached hydrogen (secondary N) is 2. The highest BCUT2D eigenvalue weighted by Crippen LogP contribution is 2.31. The number of hydrogen-bond donors (Lipinski definition) is 2. The number of likely N-dealkylation sites (N-methyl/N-ethyl adjacent to an activating group) is 1. The Morgan fingerprint density at radius 3 is 2.78 bits per heavy atom. The maximum Gasteiger partial charge on any atom is 0.236 e. The van der Waals surface area contributed by atoms with E-state index in [-0.39, 0.29) is 17.7 Å². The van der Waals surface area contributed by atoms with Crippen molar-refractivity contribution in [2.75, 3.05) is 28.5 Å². The van der Waals surface area contributed by atoms with Gasteiger partial charge >= 0.3 is 0 Å². The average molecular weight is 389 g/mol. The quantitative estimate of drug-likeness (QED) is 0.804. The average Bonchev–Trinajstić information content (AvgIpc) is 2.89. The maximum absolute atomic E-state index is 12.6. The van der Waals surface area contributed by atoms with Gasteiger partial charge in [-0.1, -0.05) is 6.92 Å². The minimum atomic E-state index is -3.40. The van der Waals surface area contributed by atoms with Gasteiger partial charge in [0.2, 0.25) is 15.9 Å². The first-order valence-corrected chi connectivity index (χ1v) is 10.4. The Kier molecular flexibility index (Phi) is 5.43. The first-order chi connectivity index (χ1) is 12.8. The van der Waals surface area contributed by atoms with E-state index in [1.54, 1.807) is 31.5 Å². The molecule has 27 heavy (non-hydrogen) atoms. The van der Waals surface area contributed by atoms with Crippen LogP contribution in [0.15, 0.2) is 30.6 Å². The van der Waals surface area contributed by atoms with E-state index in [9.17, 15) is 13.2 Å². The number of carbonyl (C=O) groups excluding carboxylic acids is 1. The van der Waals surface area contributed by atoms with Crippen LogP contribution in [-0.4, -0.2) is 49.2 Å². The molecule has 9 heteroatoms. The Balaban J connectivity index is 1.97. The summed E-state index contributed by atoms with van der Waals surface area (Å²) in [5, 5.41) is 5.85. The van der Waals surface area contributed by atoms with E-state index in [1.807, 2.05) is 13.0 Å². The zero-order chi connectivity index (χ0) is 19.6. The molecule has 1 aliphatic rings. The van der Waals surface area contributed by atoms with E-state index in [2.05, 4.69) is 20.6 Å². The van der Waals surface area contributed by atoms with Gasteiger partial charge in [-0.3, -0.25) is 14.1 Å². The summed E-state index contributed by atoms with van der Waals surface area (Å²) in [4.78, 5) is 19.7. The fraction of sp³-hybridized carbons (Fsp3) is 0.389. The molecule has 1 aliphatic heterocycles. The molecule has 1 saturated heterocycles. The summed E-state index contributed by atoms with van der Waals surface area (Å²) in [5.74, 6) is 0.301. The molecule has 2 N–H and O–H groups in total. The first-order valence-electron chi connectivity index (χ1n) is 8.74. The molecule has 2 aromatic rings. The van der Waals surface area contributed by atoms with Crippen LogP contribution in [0, 0.1) is 6.92 Å². The van der Waals surface area contributed by atoms with Crippen molar-refractivity contribution < 1.29 is 13.2 Å². The number of aromatic nitrogens is 2. The van der Waals surface area contributed by atoms with Gasteiger partial charge in [0.1, 0.15) is 5.82 Å². The van der Waals surface area contributed by atoms with Crippen molar-refractivity contribution in [3.8, 4) is 11.1 Å². The van der Waals surface area contributed by atoms with Gasteiger partial charge in [0, 0.05) is 30.9 Å². The Morgan fingerprint density at radius 1 is 1.30 bits per heavy atom. The molecule has 1 atom stereocenters. The molecule has 0 radical (unpaired) electrons. The van der Waals surface area contributed by atoms with Gasteiger partial charge in [0.25, 0.3) is 0 Å². The number of anilines is 2. The van der Waals surface area contributed by atoms with E-state index in [1.165, 1.54) is 11.2 Å². The molecule has 2 aromatic heterocycles. The fourth-order valence-corrected chi connectivity index (χ4v) is 4.96. The van der Waals surface area contributed by atoms with Crippen LogP contribution in [0.25, 0.3) is 11.1 Å². The van der Waals surface area contributed by atoms with Crippen LogP contribution in [0.5, 0.6) is 0 Å². The van der Waals surface area contributed by atoms with E-state index in [0.29, 0.717) is 30.3 Å². The molecule has 1 amide bonds. The first kappa shape index (κ1) is 19.2. The highest BCUT2D eigenvalue weighted by molar-refractivity contribution is 7.93. The molecule has 3 rings (SSSR count). The van der Waals surface area contributed by atoms with E-state index in [4.69, 9.17) is 0 Å². The zero-order valence-electron chi connectivity index (χ0n) is 15.6. The van der Waals surface area contributed by atoms with Gasteiger partial charge in [-0.25, -0.2) is 13.4 Å². The molecule has 0 spiro atoms. The second kappa shape index (κ2) is 7.61. The molecule has 1 unspecified atom stereocenters. The van der Waals surface area contributed by atoms with Gasteiger partial charge in [0.05, 0.1) is 23.7 Å². The number of sulfonamides is 1. The lowest BCUT2D eigenvalue weighted by Gasteiger charge is -2.20. The molecule has 0 aliphatic carbocycles. The number of aryl methyl sites for hydroxylation is 1. The van der Waals surface area contributed by atoms with Crippen molar-refractivity contribution in [2.45, 2.75) is 26.8 Å². The van der Waals surface area contributed by atoms with Crippen molar-refractivity contribution in [3.05, 3.63) is 36.3 Å². The summed E-state index contributed by atoms with van der Waals surface area (Å²) < 4.78 is 26.7. The number of rotatable bonds is 5. The monoisotopic (exact) mass is 389 g/mol. The van der Waals surface area contributed by atoms with Crippen LogP contribution in [0.2, 0.25) is 0 Å². The van der Waals surface area contributed by atoms with Crippen molar-refractivity contribution in [2.24, 2.45) is 0 Å². The van der Waals surface area contributed by atoms with Crippen LogP contribution in [0.4, 0.5) is 11.5 Å². The lowest BCUT2D eigenvalue weighted by molar-refractivity contribution is -0.114. The number of pyridine rings is 2. The number of hydrogen-bond acceptors (Lipinski definition) is 6. The molecule has 1 fully saturated rings. The third kappa shape index (κ3) is 4.25. The maximum atomic E-state index is 12.6. The summed E-state index contributed by atoms with van der Waals surface area (Å²) in [6.45, 7) is 6.27. The summed E-state index contributed by atoms with van der Waals surface area (Å²) in [6, 6.07) is 5.25. The van der Waals surface area contributed by atoms with Gasteiger partial charge < -0.3 is 10.6 Å². The Hall–Kier alpha value is -2.52. The predicted octanol–water partition coefficient (Wildman–Crippen LogP) is 1.54. The lowest BCUT2D eigenvalue weighted by atomic mass is 10.1. The van der Waals surface area contributed by atoms with Crippen molar-refractivity contribution in [1.29, 1.82) is 0 Å². The number of nitrogens with zero attached hydrogens (tertiary/aromatic N) is 3. The standard InChI is InChI=1S/C18H23N5O3S/c1-4-19-16-10-23(27(25,26)11-16)17-7-15(9-21-12(17)2)14-5-6-20-18(8-14)22-13(3)24/h5-9,16,19H,4,10-11H2,1-3H3,(H,20,22,24). The third-order valence-electron chi connectivity index (χ3n) is 4.35. The van der Waals surface area contributed by atoms with E-state index in [0.717, 1.165) is 11.1 Å². The van der Waals surface area contributed by atoms with Crippen molar-refractivity contribution >= 4 is 27.4 Å². The van der Waals surface area contributed by atoms with Gasteiger partial charge in [-0.2, -0.15) is 0 Å². The van der Waals surface area contributed by atoms with Gasteiger partial charge in [0.15, 0.2) is 0 Å². The molecule has 0 aromatic carbocycles. The summed E-state index contributed by atoms with van der Waals surface area (Å²) >= 11 is 0. The second-order valence-electron chi connectivity index (χ2n) is 6.50. The number of carbonyl (C=O) groups is 1. The molecular formula is C18H23N5O3S. The Labute approximate surface area is 159 Å². The third-order valence-corrected chi connectivity index (χ3v) is 6.19. The smallest absolute Gasteiger partial charge is 0.236 e. The van der Waals surface area contributed by atoms with Crippen LogP contribution in [0.1, 0.15) is 19.5 Å². The second-order valence-corrected chi connectivity index (χ2v) is 8.44. The largest absolute Gasteiger partial charge is 0.311 e. The Bertz CT molecular complexity index is 961. The summed E-state index contributed by atoms with van der Waals surface area (Å²) in [6.07, 6.45) is 3.28. The lowest BCUT2D eigenvalue weighted by Crippen LogP contribution is -2.33. The van der Waals surface area contributed by atoms with Crippen LogP contribution in [0.3, 0.4) is 0 Å². The molecule has 144 valence electrons. The minimum Gasteiger partial charge on any atom is -0.311 e. The molecular weight excluding hydrogens is 366 g/mol. The van der Waals surface area contributed by atoms with Gasteiger partial charge in [-0.05, 0) is 37.2 Å².